The number of fused-ring (bicyclic) bond motifs is 9. The summed E-state index contributed by atoms with van der Waals surface area (Å²) in [7, 11) is 0. The van der Waals surface area contributed by atoms with Crippen molar-refractivity contribution in [1.82, 2.24) is 0 Å². The summed E-state index contributed by atoms with van der Waals surface area (Å²) in [6, 6.07) is 64.5. The van der Waals surface area contributed by atoms with Crippen LogP contribution in [0.4, 0.5) is 17.1 Å². The van der Waals surface area contributed by atoms with Crippen molar-refractivity contribution in [3.63, 3.8) is 0 Å². The van der Waals surface area contributed by atoms with Crippen LogP contribution in [0, 0.1) is 0 Å². The molecule has 0 aliphatic heterocycles. The van der Waals surface area contributed by atoms with Crippen molar-refractivity contribution in [2.75, 3.05) is 4.90 Å². The zero-order valence-electron chi connectivity index (χ0n) is 26.1. The molecular formula is C46H29NS. The second-order valence-corrected chi connectivity index (χ2v) is 13.6. The molecule has 0 atom stereocenters. The van der Waals surface area contributed by atoms with Gasteiger partial charge in [-0.15, -0.1) is 11.3 Å². The Kier molecular flexibility index (Phi) is 6.12. The van der Waals surface area contributed by atoms with Crippen LogP contribution in [0.2, 0.25) is 0 Å². The summed E-state index contributed by atoms with van der Waals surface area (Å²) in [5.41, 5.74) is 5.90. The highest BCUT2D eigenvalue weighted by molar-refractivity contribution is 7.26. The lowest BCUT2D eigenvalue weighted by Crippen LogP contribution is -2.10. The van der Waals surface area contributed by atoms with Crippen LogP contribution in [-0.4, -0.2) is 0 Å². The van der Waals surface area contributed by atoms with E-state index in [9.17, 15) is 0 Å². The van der Waals surface area contributed by atoms with Gasteiger partial charge in [-0.2, -0.15) is 0 Å². The Bertz CT molecular complexity index is 2830. The Morgan fingerprint density at radius 2 is 0.979 bits per heavy atom. The van der Waals surface area contributed by atoms with Crippen LogP contribution < -0.4 is 4.90 Å². The minimum absolute atomic E-state index is 1.13. The van der Waals surface area contributed by atoms with Gasteiger partial charge in [0.2, 0.25) is 0 Å². The van der Waals surface area contributed by atoms with Crippen LogP contribution in [0.3, 0.4) is 0 Å². The zero-order chi connectivity index (χ0) is 31.6. The molecule has 9 aromatic carbocycles. The van der Waals surface area contributed by atoms with E-state index in [4.69, 9.17) is 0 Å². The summed E-state index contributed by atoms with van der Waals surface area (Å²) in [5.74, 6) is 0. The Morgan fingerprint density at radius 1 is 0.354 bits per heavy atom. The van der Waals surface area contributed by atoms with Gasteiger partial charge in [0.15, 0.2) is 0 Å². The number of hydrogen-bond acceptors (Lipinski definition) is 2. The third-order valence-corrected chi connectivity index (χ3v) is 11.0. The van der Waals surface area contributed by atoms with Gasteiger partial charge < -0.3 is 4.90 Å². The molecule has 224 valence electrons. The lowest BCUT2D eigenvalue weighted by molar-refractivity contribution is 1.31. The zero-order valence-corrected chi connectivity index (χ0v) is 26.9. The Balaban J connectivity index is 1.21. The summed E-state index contributed by atoms with van der Waals surface area (Å²) >= 11 is 1.89. The average Bonchev–Trinajstić information content (AvgIpc) is 3.52. The Hall–Kier alpha value is -5.96. The lowest BCUT2D eigenvalue weighted by atomic mass is 9.96. The quantitative estimate of drug-likeness (QED) is 0.176. The smallest absolute Gasteiger partial charge is 0.0640 e. The van der Waals surface area contributed by atoms with Gasteiger partial charge in [-0.3, -0.25) is 0 Å². The molecule has 0 aliphatic carbocycles. The topological polar surface area (TPSA) is 3.24 Å². The second-order valence-electron chi connectivity index (χ2n) is 12.6. The molecule has 0 spiro atoms. The number of thiophene rings is 1. The molecule has 1 aromatic heterocycles. The van der Waals surface area contributed by atoms with E-state index in [1.165, 1.54) is 80.1 Å². The molecule has 0 fully saturated rings. The minimum Gasteiger partial charge on any atom is -0.309 e. The van der Waals surface area contributed by atoms with Gasteiger partial charge in [-0.25, -0.2) is 0 Å². The second kappa shape index (κ2) is 10.8. The number of rotatable bonds is 4. The molecule has 1 nitrogen and oxygen atoms in total. The van der Waals surface area contributed by atoms with Crippen molar-refractivity contribution in [3.05, 3.63) is 176 Å². The van der Waals surface area contributed by atoms with Crippen molar-refractivity contribution in [2.45, 2.75) is 0 Å². The van der Waals surface area contributed by atoms with Gasteiger partial charge in [0, 0.05) is 26.8 Å². The van der Waals surface area contributed by atoms with Crippen molar-refractivity contribution >= 4 is 91.7 Å². The number of benzene rings is 9. The maximum atomic E-state index is 2.44. The first-order valence-corrected chi connectivity index (χ1v) is 17.2. The van der Waals surface area contributed by atoms with E-state index in [0.717, 1.165) is 11.4 Å². The van der Waals surface area contributed by atoms with Crippen LogP contribution in [0.5, 0.6) is 0 Å². The van der Waals surface area contributed by atoms with Gasteiger partial charge in [0.25, 0.3) is 0 Å². The third-order valence-electron chi connectivity index (χ3n) is 9.78. The van der Waals surface area contributed by atoms with Crippen LogP contribution in [-0.2, 0) is 0 Å². The van der Waals surface area contributed by atoms with E-state index in [1.54, 1.807) is 0 Å². The van der Waals surface area contributed by atoms with Crippen LogP contribution in [0.15, 0.2) is 176 Å². The molecule has 1 heterocycles. The van der Waals surface area contributed by atoms with E-state index >= 15 is 0 Å². The van der Waals surface area contributed by atoms with E-state index < -0.39 is 0 Å². The highest BCUT2D eigenvalue weighted by Crippen LogP contribution is 2.46. The molecule has 0 unspecified atom stereocenters. The summed E-state index contributed by atoms with van der Waals surface area (Å²) in [6.45, 7) is 0. The van der Waals surface area contributed by atoms with Crippen molar-refractivity contribution in [3.8, 4) is 11.1 Å². The molecule has 0 bridgehead atoms. The van der Waals surface area contributed by atoms with Crippen LogP contribution in [0.1, 0.15) is 0 Å². The third kappa shape index (κ3) is 4.31. The monoisotopic (exact) mass is 627 g/mol. The normalized spacial score (nSPS) is 11.8. The number of nitrogens with zero attached hydrogens (tertiary/aromatic N) is 1. The lowest BCUT2D eigenvalue weighted by Gasteiger charge is -2.27. The van der Waals surface area contributed by atoms with E-state index in [-0.39, 0.29) is 0 Å². The predicted molar refractivity (Wildman–Crippen MR) is 209 cm³/mol. The predicted octanol–water partition coefficient (Wildman–Crippen LogP) is 13.8. The average molecular weight is 628 g/mol. The highest BCUT2D eigenvalue weighted by atomic mass is 32.1. The first-order chi connectivity index (χ1) is 23.8. The summed E-state index contributed by atoms with van der Waals surface area (Å²) < 4.78 is 2.60. The molecule has 10 rings (SSSR count). The maximum Gasteiger partial charge on any atom is 0.0640 e. The molecule has 0 amide bonds. The molecule has 0 radical (unpaired) electrons. The minimum atomic E-state index is 1.13. The summed E-state index contributed by atoms with van der Waals surface area (Å²) in [6.07, 6.45) is 0. The first kappa shape index (κ1) is 27.2. The van der Waals surface area contributed by atoms with Gasteiger partial charge in [-0.1, -0.05) is 133 Å². The van der Waals surface area contributed by atoms with Crippen LogP contribution >= 0.6 is 11.3 Å². The molecule has 0 aliphatic rings. The van der Waals surface area contributed by atoms with Gasteiger partial charge >= 0.3 is 0 Å². The molecule has 2 heteroatoms. The molecular weight excluding hydrogens is 599 g/mol. The van der Waals surface area contributed by atoms with E-state index in [1.807, 2.05) is 11.3 Å². The molecule has 0 N–H and O–H groups in total. The largest absolute Gasteiger partial charge is 0.309 e. The molecule has 0 saturated heterocycles. The highest BCUT2D eigenvalue weighted by Gasteiger charge is 2.19. The standard InChI is InChI=1S/C46H29NS/c1-2-9-30(10-3-1)31-21-23-37(24-22-31)47(43-16-8-15-41-42-28-34-12-4-5-13-35(34)29-44(42)48-46(41)43)38-25-26-40-36(27-38)20-19-33-18-17-32-11-6-7-14-39(32)45(33)40/h1-29H. The molecule has 0 saturated carbocycles. The SMILES string of the molecule is c1ccc(-c2ccc(N(c3ccc4c(ccc5ccc6ccccc6c54)c3)c3cccc4c3sc3cc5ccccc5cc34)cc2)cc1. The molecule has 48 heavy (non-hydrogen) atoms. The van der Waals surface area contributed by atoms with Crippen LogP contribution in [0.25, 0.3) is 74.4 Å². The van der Waals surface area contributed by atoms with E-state index in [2.05, 4.69) is 181 Å². The van der Waals surface area contributed by atoms with Crippen molar-refractivity contribution in [1.29, 1.82) is 0 Å². The van der Waals surface area contributed by atoms with Gasteiger partial charge in [-0.05, 0) is 96.7 Å². The Morgan fingerprint density at radius 3 is 1.81 bits per heavy atom. The summed E-state index contributed by atoms with van der Waals surface area (Å²) in [5, 5.41) is 12.8. The fourth-order valence-electron chi connectivity index (χ4n) is 7.47. The van der Waals surface area contributed by atoms with Crippen molar-refractivity contribution in [2.24, 2.45) is 0 Å². The van der Waals surface area contributed by atoms with Gasteiger partial charge in [0.1, 0.15) is 0 Å². The fraction of sp³-hybridized carbons (Fsp3) is 0. The van der Waals surface area contributed by atoms with Crippen molar-refractivity contribution < 1.29 is 0 Å². The maximum absolute atomic E-state index is 2.44. The first-order valence-electron chi connectivity index (χ1n) is 16.4. The fourth-order valence-corrected chi connectivity index (χ4v) is 8.70. The Labute approximate surface area is 282 Å². The number of anilines is 3. The summed E-state index contributed by atoms with van der Waals surface area (Å²) in [4.78, 5) is 2.44. The van der Waals surface area contributed by atoms with E-state index in [0.29, 0.717) is 0 Å². The number of hydrogen-bond donors (Lipinski definition) is 0. The van der Waals surface area contributed by atoms with Gasteiger partial charge in [0.05, 0.1) is 10.4 Å². The molecule has 10 aromatic rings.